The zero-order valence-corrected chi connectivity index (χ0v) is 22.1. The van der Waals surface area contributed by atoms with E-state index in [1.807, 2.05) is 38.1 Å². The lowest BCUT2D eigenvalue weighted by molar-refractivity contribution is -0.120. The molecule has 180 valence electrons. The quantitative estimate of drug-likeness (QED) is 0.177. The Balaban J connectivity index is 1.44. The molecule has 1 aromatic heterocycles. The molecule has 0 N–H and O–H groups in total. The number of carbonyl (C=O) groups is 3. The van der Waals surface area contributed by atoms with Crippen LogP contribution >= 0.6 is 32.9 Å². The van der Waals surface area contributed by atoms with Crippen molar-refractivity contribution in [2.45, 2.75) is 19.4 Å². The van der Waals surface area contributed by atoms with Gasteiger partial charge in [0.25, 0.3) is 11.8 Å². The van der Waals surface area contributed by atoms with Crippen molar-refractivity contribution >= 4 is 67.1 Å². The second-order valence-corrected chi connectivity index (χ2v) is 12.1. The minimum atomic E-state index is -0.730. The molecule has 6 rings (SSSR count). The zero-order valence-electron chi connectivity index (χ0n) is 19.7. The van der Waals surface area contributed by atoms with Gasteiger partial charge in [0.2, 0.25) is 5.91 Å². The summed E-state index contributed by atoms with van der Waals surface area (Å²) < 4.78 is 6.20. The molecule has 0 unspecified atom stereocenters. The number of hydrogen-bond acceptors (Lipinski definition) is 7. The number of ether oxygens (including phenoxy) is 1. The summed E-state index contributed by atoms with van der Waals surface area (Å²) in [6.07, 6.45) is 0. The van der Waals surface area contributed by atoms with Gasteiger partial charge >= 0.3 is 0 Å². The molecule has 3 heterocycles. The maximum absolute atomic E-state index is 14.0. The molecular formula is C27H20N2O4S3. The molecule has 2 aliphatic heterocycles. The molecule has 2 aliphatic rings. The van der Waals surface area contributed by atoms with Gasteiger partial charge in [0.1, 0.15) is 16.1 Å². The highest BCUT2D eigenvalue weighted by molar-refractivity contribution is 7.80. The smallest absolute Gasteiger partial charge is 0.261 e. The number of rotatable bonds is 3. The fourth-order valence-corrected chi connectivity index (χ4v) is 8.49. The first-order valence-electron chi connectivity index (χ1n) is 11.3. The standard InChI is InChI=1S/C27H20N2O4S3/c1-27(2)23-22(26(34)36-35-23)18-12-15(33-3)10-11-19(18)29(27)20(30)13-28-24(31)16-8-4-6-14-7-5-9-17(21(14)16)25(28)32/h4-12H,13H2,1-3H3. The van der Waals surface area contributed by atoms with Crippen LogP contribution < -0.4 is 9.64 Å². The number of imide groups is 1. The van der Waals surface area contributed by atoms with Gasteiger partial charge in [0.05, 0.1) is 23.2 Å². The predicted molar refractivity (Wildman–Crippen MR) is 145 cm³/mol. The van der Waals surface area contributed by atoms with Gasteiger partial charge in [-0.3, -0.25) is 24.2 Å². The first kappa shape index (κ1) is 23.0. The highest BCUT2D eigenvalue weighted by atomic mass is 32.9. The van der Waals surface area contributed by atoms with Crippen molar-refractivity contribution in [3.05, 3.63) is 74.4 Å². The van der Waals surface area contributed by atoms with Crippen LogP contribution in [0.4, 0.5) is 5.69 Å². The van der Waals surface area contributed by atoms with Gasteiger partial charge in [-0.2, -0.15) is 0 Å². The monoisotopic (exact) mass is 532 g/mol. The molecule has 0 saturated heterocycles. The number of hydrogen-bond donors (Lipinski definition) is 0. The summed E-state index contributed by atoms with van der Waals surface area (Å²) in [5, 5.41) is 1.46. The van der Waals surface area contributed by atoms with Crippen LogP contribution in [0.5, 0.6) is 5.75 Å². The molecule has 9 heteroatoms. The molecule has 0 spiro atoms. The van der Waals surface area contributed by atoms with Gasteiger partial charge in [-0.05, 0) is 49.6 Å². The molecule has 4 aromatic rings. The van der Waals surface area contributed by atoms with E-state index < -0.39 is 17.4 Å². The van der Waals surface area contributed by atoms with Crippen molar-refractivity contribution in [2.24, 2.45) is 0 Å². The second-order valence-electron chi connectivity index (χ2n) is 9.24. The Morgan fingerprint density at radius 3 is 2.28 bits per heavy atom. The van der Waals surface area contributed by atoms with E-state index in [-0.39, 0.29) is 12.5 Å². The van der Waals surface area contributed by atoms with Crippen LogP contribution in [0.3, 0.4) is 0 Å². The molecule has 3 amide bonds. The molecular weight excluding hydrogens is 513 g/mol. The molecule has 0 bridgehead atoms. The molecule has 0 saturated carbocycles. The first-order chi connectivity index (χ1) is 17.2. The van der Waals surface area contributed by atoms with E-state index in [1.54, 1.807) is 52.7 Å². The lowest BCUT2D eigenvalue weighted by atomic mass is 9.87. The molecule has 36 heavy (non-hydrogen) atoms. The lowest BCUT2D eigenvalue weighted by Gasteiger charge is -2.43. The maximum atomic E-state index is 14.0. The van der Waals surface area contributed by atoms with Crippen LogP contribution in [0.1, 0.15) is 39.4 Å². The van der Waals surface area contributed by atoms with E-state index >= 15 is 0 Å². The fraction of sp³-hybridized carbons (Fsp3) is 0.185. The van der Waals surface area contributed by atoms with Gasteiger partial charge in [0, 0.05) is 27.6 Å². The minimum absolute atomic E-state index is 0.352. The topological polar surface area (TPSA) is 66.9 Å². The number of carbonyl (C=O) groups excluding carboxylic acids is 3. The Kier molecular flexibility index (Phi) is 5.15. The average molecular weight is 533 g/mol. The number of fused-ring (bicyclic) bond motifs is 3. The zero-order chi connectivity index (χ0) is 25.4. The number of anilines is 1. The third-order valence-corrected chi connectivity index (χ3v) is 10.2. The molecule has 6 nitrogen and oxygen atoms in total. The summed E-state index contributed by atoms with van der Waals surface area (Å²) in [6, 6.07) is 16.3. The highest BCUT2D eigenvalue weighted by Gasteiger charge is 2.44. The van der Waals surface area contributed by atoms with Crippen LogP contribution in [-0.4, -0.2) is 36.3 Å². The number of nitrogens with zero attached hydrogens (tertiary/aromatic N) is 2. The van der Waals surface area contributed by atoms with Gasteiger partial charge in [-0.15, -0.1) is 0 Å². The van der Waals surface area contributed by atoms with Gasteiger partial charge in [-0.1, -0.05) is 57.2 Å². The molecule has 0 atom stereocenters. The van der Waals surface area contributed by atoms with Gasteiger partial charge < -0.3 is 4.74 Å². The highest BCUT2D eigenvalue weighted by Crippen LogP contribution is 2.53. The van der Waals surface area contributed by atoms with Crippen LogP contribution in [0.25, 0.3) is 21.9 Å². The number of amides is 3. The number of methoxy groups -OCH3 is 1. The fourth-order valence-electron chi connectivity index (χ4n) is 5.21. The van der Waals surface area contributed by atoms with Crippen molar-refractivity contribution in [2.75, 3.05) is 18.6 Å². The molecule has 0 aliphatic carbocycles. The van der Waals surface area contributed by atoms with Crippen LogP contribution in [0, 0.1) is 3.82 Å². The largest absolute Gasteiger partial charge is 0.497 e. The summed E-state index contributed by atoms with van der Waals surface area (Å²) in [6.45, 7) is 3.55. The summed E-state index contributed by atoms with van der Waals surface area (Å²) in [7, 11) is 4.64. The lowest BCUT2D eigenvalue weighted by Crippen LogP contribution is -2.53. The summed E-state index contributed by atoms with van der Waals surface area (Å²) in [4.78, 5) is 44.6. The van der Waals surface area contributed by atoms with Crippen molar-refractivity contribution in [3.8, 4) is 16.9 Å². The summed E-state index contributed by atoms with van der Waals surface area (Å²) in [5.41, 5.74) is 2.55. The van der Waals surface area contributed by atoms with Crippen molar-refractivity contribution in [1.82, 2.24) is 4.90 Å². The van der Waals surface area contributed by atoms with Gasteiger partial charge in [0.15, 0.2) is 0 Å². The Hall–Kier alpha value is -3.40. The SMILES string of the molecule is COc1ccc2c(c1)-c1c(ssc1=S)C(C)(C)N2C(=O)CN1C(=O)c2cccc3cccc(c23)C1=O. The minimum Gasteiger partial charge on any atom is -0.497 e. The van der Waals surface area contributed by atoms with Crippen molar-refractivity contribution in [3.63, 3.8) is 0 Å². The second kappa shape index (κ2) is 8.06. The van der Waals surface area contributed by atoms with E-state index in [4.69, 9.17) is 17.0 Å². The predicted octanol–water partition coefficient (Wildman–Crippen LogP) is 6.25. The molecule has 3 aromatic carbocycles. The summed E-state index contributed by atoms with van der Waals surface area (Å²) in [5.74, 6) is -0.623. The van der Waals surface area contributed by atoms with Crippen molar-refractivity contribution < 1.29 is 19.1 Å². The van der Waals surface area contributed by atoms with E-state index in [0.29, 0.717) is 28.0 Å². The normalized spacial score (nSPS) is 15.6. The van der Waals surface area contributed by atoms with Crippen LogP contribution in [0.2, 0.25) is 0 Å². The van der Waals surface area contributed by atoms with Crippen LogP contribution in [0.15, 0.2) is 54.6 Å². The molecule has 0 fully saturated rings. The molecule has 0 radical (unpaired) electrons. The van der Waals surface area contributed by atoms with E-state index in [9.17, 15) is 14.4 Å². The Labute approximate surface area is 219 Å². The summed E-state index contributed by atoms with van der Waals surface area (Å²) >= 11 is 5.65. The van der Waals surface area contributed by atoms with E-state index in [1.165, 1.54) is 10.3 Å². The maximum Gasteiger partial charge on any atom is 0.261 e. The van der Waals surface area contributed by atoms with E-state index in [0.717, 1.165) is 30.1 Å². The average Bonchev–Trinajstić information content (AvgIpc) is 3.27. The van der Waals surface area contributed by atoms with Crippen molar-refractivity contribution in [1.29, 1.82) is 0 Å². The third kappa shape index (κ3) is 3.13. The third-order valence-electron chi connectivity index (χ3n) is 6.86. The Bertz CT molecular complexity index is 1630. The number of benzene rings is 3. The Morgan fingerprint density at radius 1 is 0.972 bits per heavy atom. The van der Waals surface area contributed by atoms with Gasteiger partial charge in [-0.25, -0.2) is 0 Å². The Morgan fingerprint density at radius 2 is 1.64 bits per heavy atom. The van der Waals surface area contributed by atoms with E-state index in [2.05, 4.69) is 0 Å². The first-order valence-corrected chi connectivity index (χ1v) is 13.8. The van der Waals surface area contributed by atoms with Crippen LogP contribution in [-0.2, 0) is 10.3 Å².